The highest BCUT2D eigenvalue weighted by Crippen LogP contribution is 2.31. The number of rotatable bonds is 7. The quantitative estimate of drug-likeness (QED) is 0.418. The molecule has 0 saturated carbocycles. The lowest BCUT2D eigenvalue weighted by Crippen LogP contribution is -2.33. The van der Waals surface area contributed by atoms with Crippen molar-refractivity contribution in [3.63, 3.8) is 0 Å². The molecule has 0 atom stereocenters. The van der Waals surface area contributed by atoms with Crippen LogP contribution in [0.2, 0.25) is 5.02 Å². The van der Waals surface area contributed by atoms with Crippen LogP contribution in [-0.4, -0.2) is 47.9 Å². The predicted molar refractivity (Wildman–Crippen MR) is 113 cm³/mol. The summed E-state index contributed by atoms with van der Waals surface area (Å²) in [7, 11) is 3.92. The molecule has 0 fully saturated rings. The molecule has 0 aliphatic rings. The molecule has 28 heavy (non-hydrogen) atoms. The van der Waals surface area contributed by atoms with Crippen molar-refractivity contribution in [2.24, 2.45) is 0 Å². The summed E-state index contributed by atoms with van der Waals surface area (Å²) in [6, 6.07) is 11.5. The van der Waals surface area contributed by atoms with Crippen molar-refractivity contribution in [1.82, 2.24) is 9.88 Å². The van der Waals surface area contributed by atoms with Crippen molar-refractivity contribution < 1.29 is 9.72 Å². The molecule has 1 heterocycles. The number of hydrogen-bond donors (Lipinski definition) is 0. The van der Waals surface area contributed by atoms with Crippen molar-refractivity contribution in [3.05, 3.63) is 63.2 Å². The minimum Gasteiger partial charge on any atom is -0.309 e. The molecular weight excluding hydrogens is 400 g/mol. The van der Waals surface area contributed by atoms with Gasteiger partial charge in [0.15, 0.2) is 5.13 Å². The maximum atomic E-state index is 13.3. The molecule has 0 bridgehead atoms. The lowest BCUT2D eigenvalue weighted by atomic mass is 10.1. The maximum Gasteiger partial charge on any atom is 0.270 e. The average molecular weight is 419 g/mol. The molecular formula is C19H19ClN4O3S. The van der Waals surface area contributed by atoms with E-state index in [0.717, 1.165) is 23.2 Å². The number of fused-ring (bicyclic) bond motifs is 1. The van der Waals surface area contributed by atoms with Gasteiger partial charge in [-0.05, 0) is 45.3 Å². The number of hydrogen-bond acceptors (Lipinski definition) is 6. The predicted octanol–water partition coefficient (Wildman–Crippen LogP) is 4.46. The van der Waals surface area contributed by atoms with Gasteiger partial charge in [-0.1, -0.05) is 35.1 Å². The molecule has 0 radical (unpaired) electrons. The van der Waals surface area contributed by atoms with E-state index in [1.54, 1.807) is 4.90 Å². The van der Waals surface area contributed by atoms with E-state index in [1.165, 1.54) is 29.5 Å². The van der Waals surface area contributed by atoms with Crippen molar-refractivity contribution in [1.29, 1.82) is 0 Å². The lowest BCUT2D eigenvalue weighted by Gasteiger charge is -2.21. The van der Waals surface area contributed by atoms with E-state index < -0.39 is 10.8 Å². The molecule has 0 spiro atoms. The second-order valence-corrected chi connectivity index (χ2v) is 7.92. The van der Waals surface area contributed by atoms with Crippen LogP contribution in [0.1, 0.15) is 16.8 Å². The van der Waals surface area contributed by atoms with E-state index in [4.69, 9.17) is 11.6 Å². The standard InChI is InChI=1S/C19H19ClN4O3S/c1-22(2)10-5-11-23(19-21-16-6-3-4-7-17(16)28-19)18(25)14-12-13(24(26)27)8-9-15(14)20/h3-4,6-9,12H,5,10-11H2,1-2H3. The number of anilines is 1. The van der Waals surface area contributed by atoms with Gasteiger partial charge in [0.2, 0.25) is 0 Å². The van der Waals surface area contributed by atoms with Crippen LogP contribution < -0.4 is 4.90 Å². The van der Waals surface area contributed by atoms with Crippen LogP contribution in [0.25, 0.3) is 10.2 Å². The van der Waals surface area contributed by atoms with E-state index in [9.17, 15) is 14.9 Å². The SMILES string of the molecule is CN(C)CCCN(C(=O)c1cc([N+](=O)[O-])ccc1Cl)c1nc2ccccc2s1. The van der Waals surface area contributed by atoms with Gasteiger partial charge in [-0.15, -0.1) is 0 Å². The second kappa shape index (κ2) is 8.64. The van der Waals surface area contributed by atoms with Crippen molar-refractivity contribution in [3.8, 4) is 0 Å². The van der Waals surface area contributed by atoms with Crippen molar-refractivity contribution in [2.45, 2.75) is 6.42 Å². The highest BCUT2D eigenvalue weighted by Gasteiger charge is 2.25. The fourth-order valence-electron chi connectivity index (χ4n) is 2.74. The van der Waals surface area contributed by atoms with E-state index in [1.807, 2.05) is 43.3 Å². The zero-order valence-corrected chi connectivity index (χ0v) is 17.0. The number of aromatic nitrogens is 1. The molecule has 1 amide bonds. The molecule has 0 aliphatic heterocycles. The monoisotopic (exact) mass is 418 g/mol. The number of carbonyl (C=O) groups excluding carboxylic acids is 1. The molecule has 2 aromatic carbocycles. The third-order valence-electron chi connectivity index (χ3n) is 4.14. The van der Waals surface area contributed by atoms with E-state index in [-0.39, 0.29) is 16.3 Å². The molecule has 7 nitrogen and oxygen atoms in total. The molecule has 9 heteroatoms. The van der Waals surface area contributed by atoms with Gasteiger partial charge in [-0.25, -0.2) is 4.98 Å². The summed E-state index contributed by atoms with van der Waals surface area (Å²) in [5.41, 5.74) is 0.725. The van der Waals surface area contributed by atoms with Crippen LogP contribution in [-0.2, 0) is 0 Å². The number of amides is 1. The van der Waals surface area contributed by atoms with Gasteiger partial charge in [-0.2, -0.15) is 0 Å². The first-order chi connectivity index (χ1) is 13.4. The highest BCUT2D eigenvalue weighted by atomic mass is 35.5. The topological polar surface area (TPSA) is 79.6 Å². The fourth-order valence-corrected chi connectivity index (χ4v) is 3.93. The van der Waals surface area contributed by atoms with Crippen LogP contribution in [0.5, 0.6) is 0 Å². The summed E-state index contributed by atoms with van der Waals surface area (Å²) in [6.45, 7) is 1.22. The third kappa shape index (κ3) is 4.46. The number of halogens is 1. The molecule has 0 unspecified atom stereocenters. The number of nitrogens with zero attached hydrogens (tertiary/aromatic N) is 4. The lowest BCUT2D eigenvalue weighted by molar-refractivity contribution is -0.384. The number of nitro groups is 1. The summed E-state index contributed by atoms with van der Waals surface area (Å²) in [6.07, 6.45) is 0.723. The number of benzene rings is 2. The molecule has 1 aromatic heterocycles. The van der Waals surface area contributed by atoms with Gasteiger partial charge >= 0.3 is 0 Å². The summed E-state index contributed by atoms with van der Waals surface area (Å²) in [5.74, 6) is -0.397. The Morgan fingerprint density at radius 3 is 2.64 bits per heavy atom. The van der Waals surface area contributed by atoms with Crippen LogP contribution >= 0.6 is 22.9 Å². The molecule has 0 aliphatic carbocycles. The number of para-hydroxylation sites is 1. The van der Waals surface area contributed by atoms with Gasteiger partial charge in [0.05, 0.1) is 25.7 Å². The van der Waals surface area contributed by atoms with Gasteiger partial charge in [-0.3, -0.25) is 19.8 Å². The van der Waals surface area contributed by atoms with Gasteiger partial charge in [0.25, 0.3) is 11.6 Å². The maximum absolute atomic E-state index is 13.3. The average Bonchev–Trinajstić information content (AvgIpc) is 3.08. The fraction of sp³-hybridized carbons (Fsp3) is 0.263. The van der Waals surface area contributed by atoms with Crippen LogP contribution in [0, 0.1) is 10.1 Å². The van der Waals surface area contributed by atoms with Crippen LogP contribution in [0.4, 0.5) is 10.8 Å². The Morgan fingerprint density at radius 2 is 1.96 bits per heavy atom. The first-order valence-electron chi connectivity index (χ1n) is 8.63. The van der Waals surface area contributed by atoms with E-state index in [0.29, 0.717) is 11.7 Å². The van der Waals surface area contributed by atoms with Gasteiger partial charge in [0, 0.05) is 18.7 Å². The van der Waals surface area contributed by atoms with Gasteiger partial charge in [0.1, 0.15) is 0 Å². The summed E-state index contributed by atoms with van der Waals surface area (Å²) in [4.78, 5) is 32.0. The Morgan fingerprint density at radius 1 is 1.21 bits per heavy atom. The van der Waals surface area contributed by atoms with E-state index in [2.05, 4.69) is 4.98 Å². The normalized spacial score (nSPS) is 11.1. The number of non-ortho nitro benzene ring substituents is 1. The summed E-state index contributed by atoms with van der Waals surface area (Å²) < 4.78 is 0.966. The molecule has 0 saturated heterocycles. The van der Waals surface area contributed by atoms with Crippen molar-refractivity contribution in [2.75, 3.05) is 32.1 Å². The molecule has 3 rings (SSSR count). The summed E-state index contributed by atoms with van der Waals surface area (Å²) in [5, 5.41) is 11.8. The minimum atomic E-state index is -0.540. The van der Waals surface area contributed by atoms with Crippen LogP contribution in [0.3, 0.4) is 0 Å². The third-order valence-corrected chi connectivity index (χ3v) is 5.53. The number of thiazole rings is 1. The molecule has 146 valence electrons. The van der Waals surface area contributed by atoms with Crippen molar-refractivity contribution >= 4 is 49.9 Å². The summed E-state index contributed by atoms with van der Waals surface area (Å²) >= 11 is 7.60. The number of carbonyl (C=O) groups is 1. The Labute approximate surface area is 171 Å². The number of nitro benzene ring substituents is 1. The Kier molecular flexibility index (Phi) is 6.23. The minimum absolute atomic E-state index is 0.0972. The highest BCUT2D eigenvalue weighted by molar-refractivity contribution is 7.22. The first kappa shape index (κ1) is 20.2. The van der Waals surface area contributed by atoms with Gasteiger partial charge < -0.3 is 4.90 Å². The zero-order chi connectivity index (χ0) is 20.3. The Balaban J connectivity index is 1.99. The second-order valence-electron chi connectivity index (χ2n) is 6.50. The zero-order valence-electron chi connectivity index (χ0n) is 15.5. The Bertz CT molecular complexity index is 988. The Hall–Kier alpha value is -2.55. The first-order valence-corrected chi connectivity index (χ1v) is 9.82. The molecule has 3 aromatic rings. The van der Waals surface area contributed by atoms with E-state index >= 15 is 0 Å². The van der Waals surface area contributed by atoms with Crippen LogP contribution in [0.15, 0.2) is 42.5 Å². The molecule has 0 N–H and O–H groups in total. The smallest absolute Gasteiger partial charge is 0.270 e. The largest absolute Gasteiger partial charge is 0.309 e.